The largest absolute Gasteiger partial charge is 0.383 e. The number of nitrogens with two attached hydrogens (primary N) is 1. The molecule has 20 heavy (non-hydrogen) atoms. The molecule has 0 fully saturated rings. The second-order valence-electron chi connectivity index (χ2n) is 4.28. The summed E-state index contributed by atoms with van der Waals surface area (Å²) in [4.78, 5) is 9.56. The van der Waals surface area contributed by atoms with Gasteiger partial charge in [0.1, 0.15) is 17.3 Å². The number of benzene rings is 1. The molecule has 0 radical (unpaired) electrons. The molecule has 0 aliphatic rings. The maximum absolute atomic E-state index is 5.89. The summed E-state index contributed by atoms with van der Waals surface area (Å²) in [6.07, 6.45) is 0. The molecule has 0 amide bonds. The van der Waals surface area contributed by atoms with Gasteiger partial charge in [-0.2, -0.15) is 0 Å². The van der Waals surface area contributed by atoms with Gasteiger partial charge < -0.3 is 10.5 Å². The Balaban J connectivity index is 1.66. The van der Waals surface area contributed by atoms with Crippen molar-refractivity contribution in [3.8, 4) is 0 Å². The van der Waals surface area contributed by atoms with Crippen molar-refractivity contribution in [1.29, 1.82) is 0 Å². The Labute approximate surface area is 125 Å². The molecule has 0 saturated heterocycles. The number of rotatable bonds is 4. The van der Waals surface area contributed by atoms with Crippen LogP contribution in [0.5, 0.6) is 0 Å². The second kappa shape index (κ2) is 5.75. The van der Waals surface area contributed by atoms with Crippen molar-refractivity contribution in [2.45, 2.75) is 13.2 Å². The van der Waals surface area contributed by atoms with Crippen molar-refractivity contribution in [3.63, 3.8) is 0 Å². The number of anilines is 1. The van der Waals surface area contributed by atoms with E-state index < -0.39 is 0 Å². The summed E-state index contributed by atoms with van der Waals surface area (Å²) in [6.45, 7) is 0.823. The molecule has 0 unspecified atom stereocenters. The topological polar surface area (TPSA) is 61.0 Å². The number of nitrogens with zero attached hydrogens (tertiary/aromatic N) is 2. The molecule has 6 heteroatoms. The molecule has 2 heterocycles. The molecule has 3 rings (SSSR count). The van der Waals surface area contributed by atoms with E-state index in [0.717, 1.165) is 15.8 Å². The van der Waals surface area contributed by atoms with Crippen LogP contribution in [-0.2, 0) is 18.0 Å². The minimum absolute atomic E-state index is 0.334. The predicted molar refractivity (Wildman–Crippen MR) is 81.8 cm³/mol. The molecule has 2 aromatic heterocycles. The quantitative estimate of drug-likeness (QED) is 0.799. The molecule has 0 atom stereocenters. The van der Waals surface area contributed by atoms with Crippen molar-refractivity contribution in [2.75, 3.05) is 5.73 Å². The van der Waals surface area contributed by atoms with E-state index in [0.29, 0.717) is 29.9 Å². The highest BCUT2D eigenvalue weighted by Gasteiger charge is 2.06. The highest BCUT2D eigenvalue weighted by molar-refractivity contribution is 7.16. The van der Waals surface area contributed by atoms with Gasteiger partial charge in [0.2, 0.25) is 0 Å². The van der Waals surface area contributed by atoms with Crippen molar-refractivity contribution < 1.29 is 4.74 Å². The lowest BCUT2D eigenvalue weighted by Gasteiger charge is -2.05. The van der Waals surface area contributed by atoms with Crippen molar-refractivity contribution in [1.82, 2.24) is 9.97 Å². The molecule has 0 aliphatic heterocycles. The van der Waals surface area contributed by atoms with E-state index in [1.807, 2.05) is 35.7 Å². The van der Waals surface area contributed by atoms with Crippen molar-refractivity contribution in [3.05, 3.63) is 52.1 Å². The first-order valence-corrected chi connectivity index (χ1v) is 7.30. The van der Waals surface area contributed by atoms with Gasteiger partial charge in [0.05, 0.1) is 12.0 Å². The lowest BCUT2D eigenvalue weighted by Crippen LogP contribution is -2.02. The van der Waals surface area contributed by atoms with E-state index in [-0.39, 0.29) is 0 Å². The van der Waals surface area contributed by atoms with Crippen LogP contribution in [0.4, 0.5) is 5.82 Å². The van der Waals surface area contributed by atoms with Crippen LogP contribution < -0.4 is 5.73 Å². The highest BCUT2D eigenvalue weighted by atomic mass is 35.5. The highest BCUT2D eigenvalue weighted by Crippen LogP contribution is 2.23. The molecule has 0 aliphatic carbocycles. The Morgan fingerprint density at radius 2 is 1.90 bits per heavy atom. The third-order valence-corrected chi connectivity index (χ3v) is 3.87. The molecule has 0 saturated carbocycles. The number of aromatic nitrogens is 2. The zero-order chi connectivity index (χ0) is 13.9. The van der Waals surface area contributed by atoms with Crippen molar-refractivity contribution in [2.24, 2.45) is 0 Å². The number of thiophene rings is 1. The summed E-state index contributed by atoms with van der Waals surface area (Å²) < 4.78 is 5.61. The fourth-order valence-corrected chi connectivity index (χ4v) is 2.75. The van der Waals surface area contributed by atoms with E-state index >= 15 is 0 Å². The predicted octanol–water partition coefficient (Wildman–Crippen LogP) is 3.64. The zero-order valence-electron chi connectivity index (χ0n) is 10.5. The number of hydrogen-bond donors (Lipinski definition) is 1. The summed E-state index contributed by atoms with van der Waals surface area (Å²) in [5, 5.41) is 3.57. The maximum Gasteiger partial charge on any atom is 0.158 e. The average molecular weight is 306 g/mol. The Kier molecular flexibility index (Phi) is 3.82. The Hall–Kier alpha value is -1.69. The Morgan fingerprint density at radius 1 is 1.10 bits per heavy atom. The average Bonchev–Trinajstić information content (AvgIpc) is 2.90. The third kappa shape index (κ3) is 2.90. The van der Waals surface area contributed by atoms with Gasteiger partial charge in [-0.25, -0.2) is 9.97 Å². The van der Waals surface area contributed by atoms with Crippen LogP contribution >= 0.6 is 22.9 Å². The number of halogens is 1. The normalized spacial score (nSPS) is 11.1. The molecule has 0 spiro atoms. The van der Waals surface area contributed by atoms with Crippen LogP contribution in [0.2, 0.25) is 5.02 Å². The molecule has 3 aromatic rings. The molecule has 102 valence electrons. The molecule has 1 aromatic carbocycles. The lowest BCUT2D eigenvalue weighted by atomic mass is 10.2. The van der Waals surface area contributed by atoms with Crippen LogP contribution in [0.25, 0.3) is 10.2 Å². The summed E-state index contributed by atoms with van der Waals surface area (Å²) in [7, 11) is 0. The second-order valence-corrected chi connectivity index (χ2v) is 5.61. The first-order valence-electron chi connectivity index (χ1n) is 6.04. The van der Waals surface area contributed by atoms with Gasteiger partial charge in [-0.15, -0.1) is 11.3 Å². The number of fused-ring (bicyclic) bond motifs is 1. The van der Waals surface area contributed by atoms with Gasteiger partial charge in [0.15, 0.2) is 5.82 Å². The maximum atomic E-state index is 5.89. The van der Waals surface area contributed by atoms with Gasteiger partial charge in [-0.3, -0.25) is 0 Å². The summed E-state index contributed by atoms with van der Waals surface area (Å²) in [6, 6.07) is 9.46. The van der Waals surface area contributed by atoms with E-state index in [1.54, 1.807) is 11.3 Å². The first-order chi connectivity index (χ1) is 9.72. The minimum atomic E-state index is 0.334. The van der Waals surface area contributed by atoms with Crippen LogP contribution in [0.3, 0.4) is 0 Å². The van der Waals surface area contributed by atoms with Gasteiger partial charge in [-0.05, 0) is 29.1 Å². The summed E-state index contributed by atoms with van der Waals surface area (Å²) in [5.74, 6) is 1.10. The molecule has 4 nitrogen and oxygen atoms in total. The zero-order valence-corrected chi connectivity index (χ0v) is 12.1. The van der Waals surface area contributed by atoms with Crippen LogP contribution in [-0.4, -0.2) is 9.97 Å². The SMILES string of the molecule is Nc1nc(COCc2ccc(Cl)cc2)nc2sccc12. The summed E-state index contributed by atoms with van der Waals surface area (Å²) >= 11 is 7.38. The Morgan fingerprint density at radius 3 is 2.70 bits per heavy atom. The lowest BCUT2D eigenvalue weighted by molar-refractivity contribution is 0.102. The molecule has 0 bridgehead atoms. The van der Waals surface area contributed by atoms with Gasteiger partial charge in [-0.1, -0.05) is 23.7 Å². The molecule has 2 N–H and O–H groups in total. The number of ether oxygens (including phenoxy) is 1. The van der Waals surface area contributed by atoms with E-state index in [9.17, 15) is 0 Å². The minimum Gasteiger partial charge on any atom is -0.383 e. The third-order valence-electron chi connectivity index (χ3n) is 2.81. The van der Waals surface area contributed by atoms with Gasteiger partial charge in [0.25, 0.3) is 0 Å². The molecular formula is C14H12ClN3OS. The van der Waals surface area contributed by atoms with E-state index in [4.69, 9.17) is 22.1 Å². The van der Waals surface area contributed by atoms with E-state index in [1.165, 1.54) is 0 Å². The van der Waals surface area contributed by atoms with Gasteiger partial charge >= 0.3 is 0 Å². The summed E-state index contributed by atoms with van der Waals surface area (Å²) in [5.41, 5.74) is 6.94. The van der Waals surface area contributed by atoms with Crippen LogP contribution in [0.15, 0.2) is 35.7 Å². The monoisotopic (exact) mass is 305 g/mol. The molecular weight excluding hydrogens is 294 g/mol. The number of hydrogen-bond acceptors (Lipinski definition) is 5. The number of nitrogen functional groups attached to an aromatic ring is 1. The fourth-order valence-electron chi connectivity index (χ4n) is 1.83. The van der Waals surface area contributed by atoms with Crippen LogP contribution in [0.1, 0.15) is 11.4 Å². The first kappa shape index (κ1) is 13.3. The van der Waals surface area contributed by atoms with E-state index in [2.05, 4.69) is 9.97 Å². The van der Waals surface area contributed by atoms with Gasteiger partial charge in [0, 0.05) is 5.02 Å². The smallest absolute Gasteiger partial charge is 0.158 e. The standard InChI is InChI=1S/C14H12ClN3OS/c15-10-3-1-9(2-4-10)7-19-8-12-17-13(16)11-5-6-20-14(11)18-12/h1-6H,7-8H2,(H2,16,17,18). The fraction of sp³-hybridized carbons (Fsp3) is 0.143. The van der Waals surface area contributed by atoms with Crippen LogP contribution in [0, 0.1) is 0 Å². The van der Waals surface area contributed by atoms with Crippen molar-refractivity contribution >= 4 is 39.0 Å². The Bertz CT molecular complexity index is 727.